The number of cyclic esters (lactones) is 2. The quantitative estimate of drug-likeness (QED) is 0.218. The second-order valence-electron chi connectivity index (χ2n) is 6.71. The van der Waals surface area contributed by atoms with Crippen molar-refractivity contribution in [2.45, 2.75) is 26.2 Å². The van der Waals surface area contributed by atoms with E-state index in [4.69, 9.17) is 14.2 Å². The molecule has 9 nitrogen and oxygen atoms in total. The molecule has 3 rings (SSSR count). The predicted molar refractivity (Wildman–Crippen MR) is 110 cm³/mol. The molecule has 156 valence electrons. The van der Waals surface area contributed by atoms with Crippen molar-refractivity contribution < 1.29 is 28.7 Å². The number of nitro groups is 1. The largest absolute Gasteiger partial charge is 0.488 e. The van der Waals surface area contributed by atoms with Crippen molar-refractivity contribution >= 4 is 39.2 Å². The number of carbonyl (C=O) groups is 2. The molecule has 0 spiro atoms. The Kier molecular flexibility index (Phi) is 6.06. The van der Waals surface area contributed by atoms with E-state index in [1.807, 2.05) is 30.3 Å². The third-order valence-corrected chi connectivity index (χ3v) is 4.59. The van der Waals surface area contributed by atoms with Crippen LogP contribution in [-0.2, 0) is 25.7 Å². The lowest BCUT2D eigenvalue weighted by Gasteiger charge is -2.29. The maximum atomic E-state index is 12.0. The summed E-state index contributed by atoms with van der Waals surface area (Å²) in [5.74, 6) is -2.85. The van der Waals surface area contributed by atoms with Gasteiger partial charge in [0.05, 0.1) is 9.40 Å². The molecule has 0 bridgehead atoms. The van der Waals surface area contributed by atoms with Gasteiger partial charge in [0.2, 0.25) is 0 Å². The molecule has 0 radical (unpaired) electrons. The van der Waals surface area contributed by atoms with E-state index < -0.39 is 28.2 Å². The monoisotopic (exact) mass is 476 g/mol. The molecule has 0 saturated carbocycles. The van der Waals surface area contributed by atoms with Crippen molar-refractivity contribution in [3.8, 4) is 5.75 Å². The summed E-state index contributed by atoms with van der Waals surface area (Å²) in [4.78, 5) is 34.9. The number of halogens is 1. The molecule has 1 saturated heterocycles. The van der Waals surface area contributed by atoms with Crippen molar-refractivity contribution in [2.24, 2.45) is 0 Å². The Hall–Kier alpha value is -3.40. The van der Waals surface area contributed by atoms with E-state index in [2.05, 4.69) is 21.2 Å². The number of esters is 2. The molecule has 1 fully saturated rings. The Labute approximate surface area is 179 Å². The van der Waals surface area contributed by atoms with Gasteiger partial charge in [-0.05, 0) is 21.5 Å². The average Bonchev–Trinajstić information content (AvgIpc) is 2.66. The molecule has 10 heteroatoms. The normalized spacial score (nSPS) is 15.1. The minimum atomic E-state index is -1.38. The third-order valence-electron chi connectivity index (χ3n) is 3.97. The summed E-state index contributed by atoms with van der Waals surface area (Å²) in [5.41, 5.74) is 0.223. The average molecular weight is 477 g/mol. The Morgan fingerprint density at radius 3 is 2.40 bits per heavy atom. The predicted octanol–water partition coefficient (Wildman–Crippen LogP) is 4.07. The first-order chi connectivity index (χ1) is 14.2. The van der Waals surface area contributed by atoms with Crippen molar-refractivity contribution in [1.29, 1.82) is 0 Å². The lowest BCUT2D eigenvalue weighted by molar-refractivity contribution is -0.384. The first kappa shape index (κ1) is 21.3. The van der Waals surface area contributed by atoms with Gasteiger partial charge in [0, 0.05) is 32.2 Å². The van der Waals surface area contributed by atoms with E-state index in [0.29, 0.717) is 10.2 Å². The van der Waals surface area contributed by atoms with Gasteiger partial charge < -0.3 is 19.5 Å². The highest BCUT2D eigenvalue weighted by molar-refractivity contribution is 9.10. The van der Waals surface area contributed by atoms with Gasteiger partial charge in [-0.2, -0.15) is 0 Å². The van der Waals surface area contributed by atoms with Crippen LogP contribution in [-0.4, -0.2) is 22.6 Å². The molecule has 1 heterocycles. The highest BCUT2D eigenvalue weighted by atomic mass is 79.9. The van der Waals surface area contributed by atoms with E-state index in [0.717, 1.165) is 11.8 Å². The summed E-state index contributed by atoms with van der Waals surface area (Å²) in [7, 11) is 0. The van der Waals surface area contributed by atoms with E-state index in [1.54, 1.807) is 0 Å². The third kappa shape index (κ3) is 4.95. The van der Waals surface area contributed by atoms with Crippen molar-refractivity contribution in [3.05, 3.63) is 74.4 Å². The maximum Gasteiger partial charge on any atom is 0.350 e. The fourth-order valence-electron chi connectivity index (χ4n) is 2.58. The lowest BCUT2D eigenvalue weighted by Crippen LogP contribution is -2.42. The van der Waals surface area contributed by atoms with Crippen LogP contribution in [0.3, 0.4) is 0 Å². The molecule has 0 amide bonds. The van der Waals surface area contributed by atoms with Gasteiger partial charge in [-0.1, -0.05) is 30.3 Å². The summed E-state index contributed by atoms with van der Waals surface area (Å²) < 4.78 is 16.1. The highest BCUT2D eigenvalue weighted by Gasteiger charge is 2.39. The Morgan fingerprint density at radius 2 is 1.80 bits per heavy atom. The molecular weight excluding hydrogens is 460 g/mol. The zero-order valence-corrected chi connectivity index (χ0v) is 17.6. The zero-order chi connectivity index (χ0) is 21.9. The number of carbonyl (C=O) groups excluding carboxylic acids is 2. The molecular formula is C20H17BrN2O7. The smallest absolute Gasteiger partial charge is 0.350 e. The number of nitrogens with one attached hydrogen (secondary N) is 1. The van der Waals surface area contributed by atoms with Gasteiger partial charge in [0.15, 0.2) is 5.57 Å². The van der Waals surface area contributed by atoms with E-state index in [-0.39, 0.29) is 18.0 Å². The van der Waals surface area contributed by atoms with Gasteiger partial charge >= 0.3 is 11.9 Å². The van der Waals surface area contributed by atoms with E-state index >= 15 is 0 Å². The Balaban J connectivity index is 1.86. The van der Waals surface area contributed by atoms with E-state index in [9.17, 15) is 19.7 Å². The topological polar surface area (TPSA) is 117 Å². The first-order valence-electron chi connectivity index (χ1n) is 8.74. The fraction of sp³-hybridized carbons (Fsp3) is 0.200. The molecule has 0 unspecified atom stereocenters. The number of hydrogen-bond acceptors (Lipinski definition) is 8. The molecule has 1 N–H and O–H groups in total. The highest BCUT2D eigenvalue weighted by Crippen LogP contribution is 2.37. The SMILES string of the molecule is CC1(C)OC(=O)C(=CNc2cc(OCc3ccccc3)c(Br)cc2[N+](=O)[O-])C(=O)O1. The minimum absolute atomic E-state index is 0.0178. The number of hydrogen-bond donors (Lipinski definition) is 1. The summed E-state index contributed by atoms with van der Waals surface area (Å²) in [6.45, 7) is 3.08. The summed E-state index contributed by atoms with van der Waals surface area (Å²) in [5, 5.41) is 14.0. The first-order valence-corrected chi connectivity index (χ1v) is 9.53. The van der Waals surface area contributed by atoms with Gasteiger partial charge in [-0.15, -0.1) is 0 Å². The molecule has 0 aromatic heterocycles. The van der Waals surface area contributed by atoms with Gasteiger partial charge in [-0.25, -0.2) is 9.59 Å². The van der Waals surface area contributed by atoms with Gasteiger partial charge in [-0.3, -0.25) is 10.1 Å². The summed E-state index contributed by atoms with van der Waals surface area (Å²) in [6.07, 6.45) is 1.01. The van der Waals surface area contributed by atoms with Crippen LogP contribution in [0.1, 0.15) is 19.4 Å². The van der Waals surface area contributed by atoms with Crippen LogP contribution < -0.4 is 10.1 Å². The number of anilines is 1. The second-order valence-corrected chi connectivity index (χ2v) is 7.57. The number of rotatable bonds is 6. The number of nitrogens with zero attached hydrogens (tertiary/aromatic N) is 1. The van der Waals surface area contributed by atoms with Crippen molar-refractivity contribution in [2.75, 3.05) is 5.32 Å². The van der Waals surface area contributed by atoms with E-state index in [1.165, 1.54) is 26.0 Å². The van der Waals surface area contributed by atoms with Gasteiger partial charge in [0.1, 0.15) is 18.0 Å². The minimum Gasteiger partial charge on any atom is -0.488 e. The Morgan fingerprint density at radius 1 is 1.17 bits per heavy atom. The van der Waals surface area contributed by atoms with Crippen LogP contribution in [0.15, 0.2) is 58.7 Å². The zero-order valence-electron chi connectivity index (χ0n) is 16.0. The van der Waals surface area contributed by atoms with Crippen LogP contribution in [0.2, 0.25) is 0 Å². The molecule has 30 heavy (non-hydrogen) atoms. The lowest BCUT2D eigenvalue weighted by atomic mass is 10.2. The molecule has 0 atom stereocenters. The molecule has 2 aromatic rings. The maximum absolute atomic E-state index is 12.0. The molecule has 1 aliphatic heterocycles. The number of ether oxygens (including phenoxy) is 3. The summed E-state index contributed by atoms with van der Waals surface area (Å²) in [6, 6.07) is 12.0. The number of benzene rings is 2. The van der Waals surface area contributed by atoms with Crippen LogP contribution in [0, 0.1) is 10.1 Å². The second kappa shape index (κ2) is 8.54. The van der Waals surface area contributed by atoms with Gasteiger partial charge in [0.25, 0.3) is 11.5 Å². The van der Waals surface area contributed by atoms with Crippen LogP contribution in [0.25, 0.3) is 0 Å². The van der Waals surface area contributed by atoms with Crippen LogP contribution in [0.4, 0.5) is 11.4 Å². The molecule has 2 aromatic carbocycles. The Bertz CT molecular complexity index is 1010. The molecule has 1 aliphatic rings. The standard InChI is InChI=1S/C20H17BrN2O7/c1-20(2)29-18(24)13(19(25)30-20)10-22-15-9-17(14(21)8-16(15)23(26)27)28-11-12-6-4-3-5-7-12/h3-10,22H,11H2,1-2H3. The van der Waals surface area contributed by atoms with Crippen LogP contribution >= 0.6 is 15.9 Å². The number of nitro benzene ring substituents is 1. The van der Waals surface area contributed by atoms with Crippen molar-refractivity contribution in [3.63, 3.8) is 0 Å². The van der Waals surface area contributed by atoms with Crippen molar-refractivity contribution in [1.82, 2.24) is 0 Å². The summed E-state index contributed by atoms with van der Waals surface area (Å²) >= 11 is 3.26. The molecule has 0 aliphatic carbocycles. The fourth-order valence-corrected chi connectivity index (χ4v) is 3.03. The van der Waals surface area contributed by atoms with Crippen LogP contribution in [0.5, 0.6) is 5.75 Å².